The van der Waals surface area contributed by atoms with Gasteiger partial charge in [-0.3, -0.25) is 15.0 Å². The highest BCUT2D eigenvalue weighted by molar-refractivity contribution is 5.65. The van der Waals surface area contributed by atoms with E-state index in [1.54, 1.807) is 12.1 Å². The molecule has 1 unspecified atom stereocenters. The van der Waals surface area contributed by atoms with Gasteiger partial charge in [-0.2, -0.15) is 0 Å². The average molecular weight is 307 g/mol. The molecule has 3 rings (SSSR count). The predicted octanol–water partition coefficient (Wildman–Crippen LogP) is 1.54. The standard InChI is InChI=1S/C14H17N3O5/c18-14(19)16-5-4-15-8-10-7-11(17(20)21)1-2-13(10)22-6-3-12(15)9-16/h1-2,7,12H,3-6,8-9H2,(H,18,19). The zero-order chi connectivity index (χ0) is 15.7. The number of carboxylic acid groups (broad SMARTS) is 1. The molecule has 0 aliphatic carbocycles. The molecule has 1 atom stereocenters. The Balaban J connectivity index is 1.83. The molecule has 1 amide bonds. The van der Waals surface area contributed by atoms with Gasteiger partial charge in [-0.25, -0.2) is 4.79 Å². The lowest BCUT2D eigenvalue weighted by Crippen LogP contribution is -2.54. The normalized spacial score (nSPS) is 21.8. The molecule has 118 valence electrons. The molecule has 1 aromatic rings. The molecule has 2 aliphatic heterocycles. The minimum absolute atomic E-state index is 0.0450. The maximum atomic E-state index is 11.1. The van der Waals surface area contributed by atoms with Crippen LogP contribution in [0.2, 0.25) is 0 Å². The van der Waals surface area contributed by atoms with Crippen molar-refractivity contribution in [2.45, 2.75) is 19.0 Å². The van der Waals surface area contributed by atoms with E-state index >= 15 is 0 Å². The number of nitrogens with zero attached hydrogens (tertiary/aromatic N) is 3. The fourth-order valence-electron chi connectivity index (χ4n) is 3.02. The molecule has 0 spiro atoms. The van der Waals surface area contributed by atoms with Crippen molar-refractivity contribution in [3.8, 4) is 5.75 Å². The van der Waals surface area contributed by atoms with Crippen LogP contribution in [0, 0.1) is 10.1 Å². The largest absolute Gasteiger partial charge is 0.493 e. The number of fused-ring (bicyclic) bond motifs is 2. The number of ether oxygens (including phenoxy) is 1. The van der Waals surface area contributed by atoms with Gasteiger partial charge in [0.15, 0.2) is 0 Å². The van der Waals surface area contributed by atoms with Gasteiger partial charge in [0.05, 0.1) is 11.5 Å². The molecule has 8 heteroatoms. The number of hydrogen-bond acceptors (Lipinski definition) is 5. The van der Waals surface area contributed by atoms with Crippen LogP contribution in [-0.2, 0) is 6.54 Å². The minimum Gasteiger partial charge on any atom is -0.493 e. The topological polar surface area (TPSA) is 96.2 Å². The predicted molar refractivity (Wildman–Crippen MR) is 77.0 cm³/mol. The number of nitro benzene ring substituents is 1. The first-order valence-electron chi connectivity index (χ1n) is 7.16. The number of benzene rings is 1. The van der Waals surface area contributed by atoms with E-state index in [1.807, 2.05) is 0 Å². The number of carbonyl (C=O) groups is 1. The average Bonchev–Trinajstić information content (AvgIpc) is 2.46. The Labute approximate surface area is 127 Å². The molecule has 1 saturated heterocycles. The molecule has 0 aromatic heterocycles. The second-order valence-electron chi connectivity index (χ2n) is 5.54. The Hall–Kier alpha value is -2.35. The Kier molecular flexibility index (Phi) is 3.84. The number of amides is 1. The molecule has 2 heterocycles. The van der Waals surface area contributed by atoms with Crippen molar-refractivity contribution in [1.29, 1.82) is 0 Å². The molecule has 1 fully saturated rings. The van der Waals surface area contributed by atoms with E-state index in [-0.39, 0.29) is 11.7 Å². The van der Waals surface area contributed by atoms with Crippen LogP contribution in [0.25, 0.3) is 0 Å². The lowest BCUT2D eigenvalue weighted by molar-refractivity contribution is -0.385. The SMILES string of the molecule is O=C(O)N1CCN2Cc3cc([N+](=O)[O-])ccc3OCCC2C1. The Bertz CT molecular complexity index is 606. The van der Waals surface area contributed by atoms with E-state index in [0.717, 1.165) is 12.0 Å². The fourth-order valence-corrected chi connectivity index (χ4v) is 3.02. The maximum Gasteiger partial charge on any atom is 0.407 e. The van der Waals surface area contributed by atoms with Gasteiger partial charge < -0.3 is 14.7 Å². The van der Waals surface area contributed by atoms with Gasteiger partial charge in [0.1, 0.15) is 5.75 Å². The number of non-ortho nitro benzene ring substituents is 1. The monoisotopic (exact) mass is 307 g/mol. The number of rotatable bonds is 1. The van der Waals surface area contributed by atoms with Gasteiger partial charge in [-0.05, 0) is 12.5 Å². The summed E-state index contributed by atoms with van der Waals surface area (Å²) in [4.78, 5) is 25.2. The first kappa shape index (κ1) is 14.6. The minimum atomic E-state index is -0.904. The van der Waals surface area contributed by atoms with Gasteiger partial charge in [-0.15, -0.1) is 0 Å². The Morgan fingerprint density at radius 3 is 2.95 bits per heavy atom. The lowest BCUT2D eigenvalue weighted by atomic mass is 10.0. The van der Waals surface area contributed by atoms with Crippen LogP contribution < -0.4 is 4.74 Å². The van der Waals surface area contributed by atoms with Crippen molar-refractivity contribution in [1.82, 2.24) is 9.80 Å². The molecule has 0 radical (unpaired) electrons. The smallest absolute Gasteiger partial charge is 0.407 e. The van der Waals surface area contributed by atoms with Crippen molar-refractivity contribution < 1.29 is 19.6 Å². The summed E-state index contributed by atoms with van der Waals surface area (Å²) in [5, 5.41) is 20.0. The summed E-state index contributed by atoms with van der Waals surface area (Å²) in [5.74, 6) is 0.671. The summed E-state index contributed by atoms with van der Waals surface area (Å²) in [6.45, 7) is 2.54. The van der Waals surface area contributed by atoms with Crippen molar-refractivity contribution >= 4 is 11.8 Å². The molecule has 0 saturated carbocycles. The number of nitro groups is 1. The molecular weight excluding hydrogens is 290 g/mol. The summed E-state index contributed by atoms with van der Waals surface area (Å²) in [6, 6.07) is 4.71. The fraction of sp³-hybridized carbons (Fsp3) is 0.500. The van der Waals surface area contributed by atoms with Crippen molar-refractivity contribution in [3.63, 3.8) is 0 Å². The van der Waals surface area contributed by atoms with E-state index in [1.165, 1.54) is 11.0 Å². The van der Waals surface area contributed by atoms with E-state index in [9.17, 15) is 14.9 Å². The van der Waals surface area contributed by atoms with Gasteiger partial charge in [0.25, 0.3) is 5.69 Å². The molecule has 0 bridgehead atoms. The zero-order valence-electron chi connectivity index (χ0n) is 12.0. The molecule has 1 aromatic carbocycles. The number of piperazine rings is 1. The van der Waals surface area contributed by atoms with Crippen LogP contribution in [0.3, 0.4) is 0 Å². The summed E-state index contributed by atoms with van der Waals surface area (Å²) in [7, 11) is 0. The third kappa shape index (κ3) is 2.82. The maximum absolute atomic E-state index is 11.1. The molecule has 8 nitrogen and oxygen atoms in total. The lowest BCUT2D eigenvalue weighted by Gasteiger charge is -2.41. The van der Waals surface area contributed by atoms with Crippen LogP contribution in [-0.4, -0.2) is 58.2 Å². The van der Waals surface area contributed by atoms with Crippen LogP contribution >= 0.6 is 0 Å². The summed E-state index contributed by atoms with van der Waals surface area (Å²) >= 11 is 0. The first-order chi connectivity index (χ1) is 10.5. The molecule has 2 aliphatic rings. The quantitative estimate of drug-likeness (QED) is 0.624. The summed E-state index contributed by atoms with van der Waals surface area (Å²) in [5.41, 5.74) is 0.825. The van der Waals surface area contributed by atoms with Crippen LogP contribution in [0.1, 0.15) is 12.0 Å². The highest BCUT2D eigenvalue weighted by atomic mass is 16.6. The summed E-state index contributed by atoms with van der Waals surface area (Å²) in [6.07, 6.45) is -0.168. The van der Waals surface area contributed by atoms with Crippen molar-refractivity contribution in [2.75, 3.05) is 26.2 Å². The van der Waals surface area contributed by atoms with Gasteiger partial charge in [0, 0.05) is 49.9 Å². The van der Waals surface area contributed by atoms with Crippen molar-refractivity contribution in [3.05, 3.63) is 33.9 Å². The second-order valence-corrected chi connectivity index (χ2v) is 5.54. The number of hydrogen-bond donors (Lipinski definition) is 1. The van der Waals surface area contributed by atoms with E-state index in [0.29, 0.717) is 38.5 Å². The van der Waals surface area contributed by atoms with Crippen LogP contribution in [0.5, 0.6) is 5.75 Å². The van der Waals surface area contributed by atoms with Crippen LogP contribution in [0.4, 0.5) is 10.5 Å². The Morgan fingerprint density at radius 1 is 1.41 bits per heavy atom. The summed E-state index contributed by atoms with van der Waals surface area (Å²) < 4.78 is 5.69. The third-order valence-electron chi connectivity index (χ3n) is 4.21. The van der Waals surface area contributed by atoms with E-state index in [4.69, 9.17) is 9.84 Å². The van der Waals surface area contributed by atoms with E-state index in [2.05, 4.69) is 4.90 Å². The molecular formula is C14H17N3O5. The highest BCUT2D eigenvalue weighted by Gasteiger charge is 2.31. The first-order valence-corrected chi connectivity index (χ1v) is 7.16. The molecule has 22 heavy (non-hydrogen) atoms. The van der Waals surface area contributed by atoms with Gasteiger partial charge >= 0.3 is 6.09 Å². The Morgan fingerprint density at radius 2 is 2.23 bits per heavy atom. The molecule has 1 N–H and O–H groups in total. The van der Waals surface area contributed by atoms with Crippen molar-refractivity contribution in [2.24, 2.45) is 0 Å². The zero-order valence-corrected chi connectivity index (χ0v) is 12.0. The van der Waals surface area contributed by atoms with Gasteiger partial charge in [0.2, 0.25) is 0 Å². The van der Waals surface area contributed by atoms with Gasteiger partial charge in [-0.1, -0.05) is 0 Å². The second kappa shape index (κ2) is 5.80. The van der Waals surface area contributed by atoms with Crippen LogP contribution in [0.15, 0.2) is 18.2 Å². The highest BCUT2D eigenvalue weighted by Crippen LogP contribution is 2.29. The van der Waals surface area contributed by atoms with E-state index < -0.39 is 11.0 Å². The third-order valence-corrected chi connectivity index (χ3v) is 4.21.